The summed E-state index contributed by atoms with van der Waals surface area (Å²) in [5.41, 5.74) is 0.292. The Morgan fingerprint density at radius 2 is 2.07 bits per heavy atom. The van der Waals surface area contributed by atoms with Crippen molar-refractivity contribution in [1.82, 2.24) is 4.98 Å². The van der Waals surface area contributed by atoms with Crippen molar-refractivity contribution in [3.8, 4) is 0 Å². The summed E-state index contributed by atoms with van der Waals surface area (Å²) >= 11 is 0. The van der Waals surface area contributed by atoms with Crippen LogP contribution in [-0.4, -0.2) is 16.1 Å². The maximum atomic E-state index is 10.6. The zero-order valence-electron chi connectivity index (χ0n) is 8.77. The summed E-state index contributed by atoms with van der Waals surface area (Å²) in [7, 11) is 0. The second-order valence-electron chi connectivity index (χ2n) is 2.74. The molecule has 0 atom stereocenters. The molecular weight excluding hydrogens is 205 g/mol. The van der Waals surface area contributed by atoms with Gasteiger partial charge < -0.3 is 6.53 Å². The molecule has 4 heteroatoms. The molecule has 1 aromatic carbocycles. The van der Waals surface area contributed by atoms with Gasteiger partial charge >= 0.3 is 57.4 Å². The number of pyridine rings is 1. The van der Waals surface area contributed by atoms with E-state index in [0.717, 1.165) is 10.8 Å². The van der Waals surface area contributed by atoms with Crippen LogP contribution in [0.2, 0.25) is 0 Å². The minimum absolute atomic E-state index is 0. The van der Waals surface area contributed by atoms with Gasteiger partial charge in [-0.15, -0.1) is 0 Å². The van der Waals surface area contributed by atoms with E-state index < -0.39 is 5.97 Å². The molecule has 0 unspecified atom stereocenters. The number of nitrogens with zero attached hydrogens (tertiary/aromatic N) is 1. The molecule has 1 N–H and O–H groups in total. The molecule has 0 amide bonds. The van der Waals surface area contributed by atoms with Crippen LogP contribution in [0.3, 0.4) is 0 Å². The van der Waals surface area contributed by atoms with Crippen LogP contribution in [0.4, 0.5) is 0 Å². The van der Waals surface area contributed by atoms with Crippen LogP contribution in [0.15, 0.2) is 36.7 Å². The van der Waals surface area contributed by atoms with Gasteiger partial charge in [0.1, 0.15) is 0 Å². The number of hydrogen-bond donors (Lipinski definition) is 1. The van der Waals surface area contributed by atoms with E-state index >= 15 is 0 Å². The van der Waals surface area contributed by atoms with Gasteiger partial charge in [0.15, 0.2) is 0 Å². The summed E-state index contributed by atoms with van der Waals surface area (Å²) in [5, 5.41) is 10.6. The van der Waals surface area contributed by atoms with E-state index in [4.69, 9.17) is 5.11 Å². The van der Waals surface area contributed by atoms with Crippen molar-refractivity contribution in [2.75, 3.05) is 0 Å². The molecule has 0 aliphatic heterocycles. The van der Waals surface area contributed by atoms with Crippen LogP contribution < -0.4 is 51.4 Å². The maximum absolute atomic E-state index is 10.6. The first-order chi connectivity index (χ1) is 6.27. The second-order valence-corrected chi connectivity index (χ2v) is 2.74. The van der Waals surface area contributed by atoms with E-state index in [1.54, 1.807) is 30.6 Å². The van der Waals surface area contributed by atoms with Gasteiger partial charge in [0.05, 0.1) is 5.56 Å². The van der Waals surface area contributed by atoms with Crippen molar-refractivity contribution in [3.63, 3.8) is 0 Å². The van der Waals surface area contributed by atoms with Crippen LogP contribution >= 0.6 is 0 Å². The first-order valence-corrected chi connectivity index (χ1v) is 3.84. The first kappa shape index (κ1) is 11.8. The minimum Gasteiger partial charge on any atom is -1.00 e. The number of fused-ring (bicyclic) bond motifs is 1. The van der Waals surface area contributed by atoms with Crippen molar-refractivity contribution in [2.45, 2.75) is 0 Å². The van der Waals surface area contributed by atoms with Crippen LogP contribution in [0.1, 0.15) is 11.8 Å². The SMILES string of the molecule is O=C(O)c1ccc2ccncc2c1.[H-].[K+]. The molecule has 0 saturated heterocycles. The maximum Gasteiger partial charge on any atom is 1.00 e. The molecule has 1 heterocycles. The quantitative estimate of drug-likeness (QED) is 0.621. The van der Waals surface area contributed by atoms with E-state index in [2.05, 4.69) is 4.98 Å². The van der Waals surface area contributed by atoms with Gasteiger partial charge in [0.25, 0.3) is 0 Å². The molecule has 1 aromatic heterocycles. The minimum atomic E-state index is -0.911. The van der Waals surface area contributed by atoms with E-state index in [9.17, 15) is 4.79 Å². The van der Waals surface area contributed by atoms with Crippen molar-refractivity contribution >= 4 is 16.7 Å². The van der Waals surface area contributed by atoms with Gasteiger partial charge in [0, 0.05) is 17.8 Å². The fraction of sp³-hybridized carbons (Fsp3) is 0. The molecule has 0 aliphatic rings. The van der Waals surface area contributed by atoms with Gasteiger partial charge in [-0.1, -0.05) is 6.07 Å². The third kappa shape index (κ3) is 2.40. The topological polar surface area (TPSA) is 50.2 Å². The van der Waals surface area contributed by atoms with E-state index in [1.165, 1.54) is 0 Å². The summed E-state index contributed by atoms with van der Waals surface area (Å²) in [5.74, 6) is -0.911. The molecule has 0 fully saturated rings. The summed E-state index contributed by atoms with van der Waals surface area (Å²) in [6.45, 7) is 0. The largest absolute Gasteiger partial charge is 1.00 e. The Morgan fingerprint density at radius 3 is 2.79 bits per heavy atom. The van der Waals surface area contributed by atoms with Gasteiger partial charge in [0.2, 0.25) is 0 Å². The zero-order chi connectivity index (χ0) is 9.26. The number of aromatic carboxylic acids is 1. The van der Waals surface area contributed by atoms with E-state index in [1.807, 2.05) is 6.07 Å². The Kier molecular flexibility index (Phi) is 4.22. The monoisotopic (exact) mass is 213 g/mol. The van der Waals surface area contributed by atoms with Crippen molar-refractivity contribution in [2.24, 2.45) is 0 Å². The molecule has 2 rings (SSSR count). The molecule has 0 spiro atoms. The third-order valence-corrected chi connectivity index (χ3v) is 1.89. The number of carboxylic acid groups (broad SMARTS) is 1. The smallest absolute Gasteiger partial charge is 1.00 e. The number of carbonyl (C=O) groups is 1. The molecule has 0 bridgehead atoms. The van der Waals surface area contributed by atoms with Crippen LogP contribution in [0.25, 0.3) is 10.8 Å². The summed E-state index contributed by atoms with van der Waals surface area (Å²) in [6.07, 6.45) is 3.34. The van der Waals surface area contributed by atoms with Crippen LogP contribution in [0, 0.1) is 0 Å². The molecule has 2 aromatic rings. The van der Waals surface area contributed by atoms with Gasteiger partial charge in [-0.05, 0) is 23.6 Å². The summed E-state index contributed by atoms with van der Waals surface area (Å²) in [4.78, 5) is 14.5. The van der Waals surface area contributed by atoms with Crippen LogP contribution in [0.5, 0.6) is 0 Å². The fourth-order valence-corrected chi connectivity index (χ4v) is 1.22. The van der Waals surface area contributed by atoms with E-state index in [-0.39, 0.29) is 52.8 Å². The van der Waals surface area contributed by atoms with Crippen LogP contribution in [-0.2, 0) is 0 Å². The Balaban J connectivity index is 0.000000980. The molecular formula is C10H8KNO2. The van der Waals surface area contributed by atoms with Crippen molar-refractivity contribution < 1.29 is 62.7 Å². The van der Waals surface area contributed by atoms with Crippen molar-refractivity contribution in [3.05, 3.63) is 42.2 Å². The fourth-order valence-electron chi connectivity index (χ4n) is 1.22. The Hall–Kier alpha value is -0.264. The predicted molar refractivity (Wildman–Crippen MR) is 49.8 cm³/mol. The normalized spacial score (nSPS) is 9.43. The predicted octanol–water partition coefficient (Wildman–Crippen LogP) is -0.951. The average Bonchev–Trinajstić information content (AvgIpc) is 2.17. The molecule has 3 nitrogen and oxygen atoms in total. The molecule has 66 valence electrons. The van der Waals surface area contributed by atoms with Gasteiger partial charge in [-0.25, -0.2) is 4.79 Å². The number of carboxylic acids is 1. The van der Waals surface area contributed by atoms with Gasteiger partial charge in [-0.2, -0.15) is 0 Å². The zero-order valence-corrected chi connectivity index (χ0v) is 10.9. The third-order valence-electron chi connectivity index (χ3n) is 1.89. The standard InChI is InChI=1S/C10H7NO2.K.H/c12-10(13)8-2-1-7-3-4-11-6-9(7)5-8;;/h1-6H,(H,12,13);;/q;+1;-1. The van der Waals surface area contributed by atoms with Gasteiger partial charge in [-0.3, -0.25) is 4.98 Å². The summed E-state index contributed by atoms with van der Waals surface area (Å²) in [6, 6.07) is 6.83. The molecule has 0 aliphatic carbocycles. The Morgan fingerprint density at radius 1 is 1.29 bits per heavy atom. The second kappa shape index (κ2) is 5.00. The Labute approximate surface area is 125 Å². The molecule has 0 radical (unpaired) electrons. The first-order valence-electron chi connectivity index (χ1n) is 3.84. The van der Waals surface area contributed by atoms with E-state index in [0.29, 0.717) is 5.56 Å². The van der Waals surface area contributed by atoms with Crippen molar-refractivity contribution in [1.29, 1.82) is 0 Å². The molecule has 14 heavy (non-hydrogen) atoms. The summed E-state index contributed by atoms with van der Waals surface area (Å²) < 4.78 is 0. The average molecular weight is 213 g/mol. The number of benzene rings is 1. The molecule has 0 saturated carbocycles. The number of rotatable bonds is 1. The Bertz CT molecular complexity index is 476. The number of aromatic nitrogens is 1. The number of hydrogen-bond acceptors (Lipinski definition) is 2.